The van der Waals surface area contributed by atoms with E-state index >= 15 is 0 Å². The van der Waals surface area contributed by atoms with Crippen LogP contribution in [0.15, 0.2) is 24.4 Å². The fraction of sp³-hybridized carbons (Fsp3) is 0.467. The molecule has 3 heteroatoms. The van der Waals surface area contributed by atoms with E-state index < -0.39 is 0 Å². The molecule has 0 saturated carbocycles. The lowest BCUT2D eigenvalue weighted by atomic mass is 10.1. The van der Waals surface area contributed by atoms with E-state index in [1.165, 1.54) is 22.0 Å². The summed E-state index contributed by atoms with van der Waals surface area (Å²) in [7, 11) is 0. The lowest BCUT2D eigenvalue weighted by Gasteiger charge is -2.09. The van der Waals surface area contributed by atoms with E-state index in [0.29, 0.717) is 19.2 Å². The van der Waals surface area contributed by atoms with Gasteiger partial charge in [0, 0.05) is 41.9 Å². The smallest absolute Gasteiger partial charge is 0.0737 e. The van der Waals surface area contributed by atoms with E-state index in [9.17, 15) is 0 Å². The third-order valence-corrected chi connectivity index (χ3v) is 3.23. The molecule has 3 nitrogen and oxygen atoms in total. The van der Waals surface area contributed by atoms with Crippen molar-refractivity contribution < 1.29 is 4.74 Å². The molecular formula is C15H22N2O. The largest absolute Gasteiger partial charge is 0.377 e. The number of ether oxygens (including phenoxy) is 1. The number of hydrogen-bond donors (Lipinski definition) is 1. The first-order chi connectivity index (χ1) is 8.67. The van der Waals surface area contributed by atoms with Gasteiger partial charge in [0.15, 0.2) is 0 Å². The highest BCUT2D eigenvalue weighted by Gasteiger charge is 2.11. The van der Waals surface area contributed by atoms with Crippen LogP contribution in [0, 0.1) is 0 Å². The van der Waals surface area contributed by atoms with Crippen LogP contribution in [0.4, 0.5) is 0 Å². The number of fused-ring (bicyclic) bond motifs is 1. The maximum absolute atomic E-state index is 5.72. The summed E-state index contributed by atoms with van der Waals surface area (Å²) in [5.74, 6) is 0. The van der Waals surface area contributed by atoms with Crippen LogP contribution in [-0.4, -0.2) is 11.2 Å². The fourth-order valence-electron chi connectivity index (χ4n) is 2.25. The van der Waals surface area contributed by atoms with Crippen LogP contribution >= 0.6 is 0 Å². The Morgan fingerprint density at radius 3 is 2.72 bits per heavy atom. The van der Waals surface area contributed by atoms with Gasteiger partial charge in [0.2, 0.25) is 0 Å². The summed E-state index contributed by atoms with van der Waals surface area (Å²) in [5, 5.41) is 1.26. The first kappa shape index (κ1) is 13.1. The van der Waals surface area contributed by atoms with Crippen LogP contribution < -0.4 is 5.73 Å². The third-order valence-electron chi connectivity index (χ3n) is 3.23. The van der Waals surface area contributed by atoms with Crippen molar-refractivity contribution in [2.24, 2.45) is 5.73 Å². The lowest BCUT2D eigenvalue weighted by Crippen LogP contribution is -1.99. The van der Waals surface area contributed by atoms with Crippen molar-refractivity contribution >= 4 is 10.9 Å². The van der Waals surface area contributed by atoms with E-state index in [1.54, 1.807) is 0 Å². The second kappa shape index (κ2) is 5.55. The Hall–Kier alpha value is -1.32. The zero-order chi connectivity index (χ0) is 13.1. The number of rotatable bonds is 5. The molecule has 2 N–H and O–H groups in total. The van der Waals surface area contributed by atoms with Gasteiger partial charge in [0.05, 0.1) is 6.61 Å². The van der Waals surface area contributed by atoms with Crippen molar-refractivity contribution in [1.82, 2.24) is 4.57 Å². The predicted octanol–water partition coefficient (Wildman–Crippen LogP) is 3.22. The zero-order valence-corrected chi connectivity index (χ0v) is 11.4. The van der Waals surface area contributed by atoms with Gasteiger partial charge in [-0.2, -0.15) is 0 Å². The quantitative estimate of drug-likeness (QED) is 0.880. The molecule has 2 rings (SSSR count). The van der Waals surface area contributed by atoms with E-state index in [1.807, 2.05) is 6.92 Å². The van der Waals surface area contributed by atoms with Gasteiger partial charge in [-0.05, 0) is 38.5 Å². The molecule has 0 saturated heterocycles. The van der Waals surface area contributed by atoms with Crippen molar-refractivity contribution in [3.05, 3.63) is 35.5 Å². The van der Waals surface area contributed by atoms with E-state index in [-0.39, 0.29) is 0 Å². The predicted molar refractivity (Wildman–Crippen MR) is 75.5 cm³/mol. The van der Waals surface area contributed by atoms with Crippen LogP contribution in [0.3, 0.4) is 0 Å². The number of nitrogens with zero attached hydrogens (tertiary/aromatic N) is 1. The van der Waals surface area contributed by atoms with Crippen LogP contribution in [-0.2, 0) is 17.9 Å². The molecule has 1 heterocycles. The average molecular weight is 246 g/mol. The van der Waals surface area contributed by atoms with Crippen LogP contribution in [0.25, 0.3) is 10.9 Å². The highest BCUT2D eigenvalue weighted by Crippen LogP contribution is 2.26. The molecule has 0 aliphatic rings. The summed E-state index contributed by atoms with van der Waals surface area (Å²) < 4.78 is 7.85. The maximum atomic E-state index is 5.72. The average Bonchev–Trinajstić information content (AvgIpc) is 2.74. The molecule has 0 spiro atoms. The van der Waals surface area contributed by atoms with Gasteiger partial charge in [0.1, 0.15) is 0 Å². The standard InChI is InChI=1S/C15H22N2O/c1-4-18-10-13-9-17(11(2)3)15-6-5-12(8-16)7-14(13)15/h5-7,9,11H,4,8,10,16H2,1-3H3. The molecule has 2 aromatic rings. The number of aromatic nitrogens is 1. The Balaban J connectivity index is 2.53. The fourth-order valence-corrected chi connectivity index (χ4v) is 2.25. The summed E-state index contributed by atoms with van der Waals surface area (Å²) in [5.41, 5.74) is 9.40. The molecular weight excluding hydrogens is 224 g/mol. The Morgan fingerprint density at radius 1 is 1.33 bits per heavy atom. The Morgan fingerprint density at radius 2 is 2.11 bits per heavy atom. The molecule has 0 aliphatic carbocycles. The summed E-state index contributed by atoms with van der Waals surface area (Å²) in [6, 6.07) is 6.90. The first-order valence-electron chi connectivity index (χ1n) is 6.57. The third kappa shape index (κ3) is 2.42. The molecule has 1 aromatic heterocycles. The van der Waals surface area contributed by atoms with Gasteiger partial charge in [0.25, 0.3) is 0 Å². The van der Waals surface area contributed by atoms with Gasteiger partial charge >= 0.3 is 0 Å². The summed E-state index contributed by atoms with van der Waals surface area (Å²) in [4.78, 5) is 0. The highest BCUT2D eigenvalue weighted by molar-refractivity contribution is 5.84. The molecule has 98 valence electrons. The van der Waals surface area contributed by atoms with Gasteiger partial charge in [-0.25, -0.2) is 0 Å². The Labute approximate surface area is 109 Å². The SMILES string of the molecule is CCOCc1cn(C(C)C)c2ccc(CN)cc12. The summed E-state index contributed by atoms with van der Waals surface area (Å²) in [6.07, 6.45) is 2.20. The van der Waals surface area contributed by atoms with Crippen molar-refractivity contribution in [2.75, 3.05) is 6.61 Å². The minimum Gasteiger partial charge on any atom is -0.377 e. The lowest BCUT2D eigenvalue weighted by molar-refractivity contribution is 0.135. The molecule has 0 bridgehead atoms. The highest BCUT2D eigenvalue weighted by atomic mass is 16.5. The molecule has 0 unspecified atom stereocenters. The van der Waals surface area contributed by atoms with Crippen LogP contribution in [0.2, 0.25) is 0 Å². The monoisotopic (exact) mass is 246 g/mol. The van der Waals surface area contributed by atoms with Crippen molar-refractivity contribution in [2.45, 2.75) is 40.0 Å². The second-order valence-corrected chi connectivity index (χ2v) is 4.85. The molecule has 0 radical (unpaired) electrons. The minimum atomic E-state index is 0.451. The van der Waals surface area contributed by atoms with Gasteiger partial charge in [-0.15, -0.1) is 0 Å². The van der Waals surface area contributed by atoms with Gasteiger partial charge < -0.3 is 15.0 Å². The number of nitrogens with two attached hydrogens (primary N) is 1. The molecule has 1 aromatic carbocycles. The Kier molecular flexibility index (Phi) is 4.04. The topological polar surface area (TPSA) is 40.2 Å². The zero-order valence-electron chi connectivity index (χ0n) is 11.4. The van der Waals surface area contributed by atoms with Crippen molar-refractivity contribution in [3.63, 3.8) is 0 Å². The summed E-state index contributed by atoms with van der Waals surface area (Å²) >= 11 is 0. The van der Waals surface area contributed by atoms with Gasteiger partial charge in [-0.1, -0.05) is 6.07 Å². The van der Waals surface area contributed by atoms with Crippen molar-refractivity contribution in [3.8, 4) is 0 Å². The molecule has 0 amide bonds. The number of hydrogen-bond acceptors (Lipinski definition) is 2. The second-order valence-electron chi connectivity index (χ2n) is 4.85. The van der Waals surface area contributed by atoms with Crippen LogP contribution in [0.1, 0.15) is 37.9 Å². The van der Waals surface area contributed by atoms with E-state index in [0.717, 1.165) is 6.61 Å². The molecule has 0 aliphatic heterocycles. The van der Waals surface area contributed by atoms with E-state index in [2.05, 4.69) is 42.8 Å². The maximum Gasteiger partial charge on any atom is 0.0737 e. The summed E-state index contributed by atoms with van der Waals surface area (Å²) in [6.45, 7) is 8.40. The molecule has 18 heavy (non-hydrogen) atoms. The van der Waals surface area contributed by atoms with Crippen LogP contribution in [0.5, 0.6) is 0 Å². The Bertz CT molecular complexity index is 529. The minimum absolute atomic E-state index is 0.451. The van der Waals surface area contributed by atoms with E-state index in [4.69, 9.17) is 10.5 Å². The number of benzene rings is 1. The normalized spacial score (nSPS) is 11.6. The van der Waals surface area contributed by atoms with Crippen molar-refractivity contribution in [1.29, 1.82) is 0 Å². The first-order valence-corrected chi connectivity index (χ1v) is 6.57. The van der Waals surface area contributed by atoms with Gasteiger partial charge in [-0.3, -0.25) is 0 Å². The molecule has 0 atom stereocenters. The molecule has 0 fully saturated rings.